The van der Waals surface area contributed by atoms with E-state index in [4.69, 9.17) is 23.2 Å². The number of carbonyl (C=O) groups is 2. The van der Waals surface area contributed by atoms with Gasteiger partial charge in [-0.15, -0.1) is 0 Å². The fourth-order valence-corrected chi connectivity index (χ4v) is 3.84. The van der Waals surface area contributed by atoms with Gasteiger partial charge in [0.05, 0.1) is 27.5 Å². The van der Waals surface area contributed by atoms with Crippen molar-refractivity contribution in [3.63, 3.8) is 0 Å². The Morgan fingerprint density at radius 3 is 2.52 bits per heavy atom. The van der Waals surface area contributed by atoms with Crippen molar-refractivity contribution in [2.75, 3.05) is 19.0 Å². The fraction of sp³-hybridized carbons (Fsp3) is 0.263. The third-order valence-corrected chi connectivity index (χ3v) is 5.68. The second-order valence-electron chi connectivity index (χ2n) is 7.16. The summed E-state index contributed by atoms with van der Waals surface area (Å²) in [6, 6.07) is 6.82. The molecule has 162 valence electrons. The number of fused-ring (bicyclic) bond motifs is 3. The fourth-order valence-electron chi connectivity index (χ4n) is 3.52. The molecule has 1 aliphatic heterocycles. The van der Waals surface area contributed by atoms with Crippen LogP contribution in [0.4, 0.5) is 19.0 Å². The maximum Gasteiger partial charge on any atom is 0.438 e. The first-order valence-corrected chi connectivity index (χ1v) is 9.65. The quantitative estimate of drug-likeness (QED) is 0.631. The van der Waals surface area contributed by atoms with Gasteiger partial charge < -0.3 is 10.2 Å². The summed E-state index contributed by atoms with van der Waals surface area (Å²) in [5, 5.41) is 1.97. The number of nitrogens with one attached hydrogen (secondary N) is 1. The number of anilines is 1. The van der Waals surface area contributed by atoms with E-state index in [-0.39, 0.29) is 32.6 Å². The smallest absolute Gasteiger partial charge is 0.363 e. The van der Waals surface area contributed by atoms with Crippen molar-refractivity contribution in [3.05, 3.63) is 51.9 Å². The number of aromatic nitrogens is 3. The van der Waals surface area contributed by atoms with Crippen LogP contribution in [0.5, 0.6) is 0 Å². The van der Waals surface area contributed by atoms with Crippen LogP contribution in [0, 0.1) is 0 Å². The zero-order valence-corrected chi connectivity index (χ0v) is 17.6. The summed E-state index contributed by atoms with van der Waals surface area (Å²) >= 11 is 11.9. The van der Waals surface area contributed by atoms with Crippen LogP contribution in [-0.2, 0) is 16.9 Å². The number of hydrogen-bond donors (Lipinski definition) is 1. The first-order valence-electron chi connectivity index (χ1n) is 8.89. The molecule has 12 heteroatoms. The van der Waals surface area contributed by atoms with Crippen LogP contribution in [0.15, 0.2) is 30.3 Å². The van der Waals surface area contributed by atoms with Crippen molar-refractivity contribution >= 4 is 51.7 Å². The van der Waals surface area contributed by atoms with Crippen molar-refractivity contribution in [2.45, 2.75) is 18.3 Å². The molecule has 3 aromatic rings. The molecule has 3 heterocycles. The van der Waals surface area contributed by atoms with Gasteiger partial charge >= 0.3 is 6.18 Å². The number of alkyl halides is 3. The zero-order valence-electron chi connectivity index (χ0n) is 16.1. The summed E-state index contributed by atoms with van der Waals surface area (Å²) in [6.45, 7) is 0. The van der Waals surface area contributed by atoms with Crippen LogP contribution < -0.4 is 10.2 Å². The normalized spacial score (nSPS) is 18.4. The first-order chi connectivity index (χ1) is 14.5. The second kappa shape index (κ2) is 7.10. The SMILES string of the molecule is CN(C)c1cccc(C(=O)NC2(C(F)(F)F)C(=O)Cc3nc4cc(Cl)c(Cl)cc4n32)n1. The van der Waals surface area contributed by atoms with Crippen LogP contribution in [0.25, 0.3) is 11.0 Å². The van der Waals surface area contributed by atoms with Gasteiger partial charge in [-0.3, -0.25) is 14.2 Å². The van der Waals surface area contributed by atoms with Gasteiger partial charge in [-0.2, -0.15) is 13.2 Å². The molecule has 1 N–H and O–H groups in total. The van der Waals surface area contributed by atoms with Crippen molar-refractivity contribution in [2.24, 2.45) is 0 Å². The number of hydrogen-bond acceptors (Lipinski definition) is 5. The van der Waals surface area contributed by atoms with E-state index in [1.165, 1.54) is 24.3 Å². The molecule has 1 amide bonds. The molecule has 1 aliphatic rings. The minimum absolute atomic E-state index is 0.0148. The minimum Gasteiger partial charge on any atom is -0.363 e. The number of carbonyl (C=O) groups excluding carboxylic acids is 2. The Bertz CT molecular complexity index is 1240. The van der Waals surface area contributed by atoms with Crippen molar-refractivity contribution in [3.8, 4) is 0 Å². The lowest BCUT2D eigenvalue weighted by Crippen LogP contribution is -2.62. The van der Waals surface area contributed by atoms with Crippen molar-refractivity contribution in [1.82, 2.24) is 19.9 Å². The number of nitrogens with zero attached hydrogens (tertiary/aromatic N) is 4. The highest BCUT2D eigenvalue weighted by atomic mass is 35.5. The van der Waals surface area contributed by atoms with E-state index in [1.54, 1.807) is 25.1 Å². The second-order valence-corrected chi connectivity index (χ2v) is 7.97. The maximum atomic E-state index is 14.4. The Hall–Kier alpha value is -2.85. The highest BCUT2D eigenvalue weighted by molar-refractivity contribution is 6.42. The molecule has 1 aromatic carbocycles. The molecule has 0 fully saturated rings. The predicted molar refractivity (Wildman–Crippen MR) is 109 cm³/mol. The van der Waals surface area contributed by atoms with E-state index in [9.17, 15) is 22.8 Å². The highest BCUT2D eigenvalue weighted by Crippen LogP contribution is 2.44. The van der Waals surface area contributed by atoms with Crippen LogP contribution in [0.3, 0.4) is 0 Å². The van der Waals surface area contributed by atoms with Crippen molar-refractivity contribution < 1.29 is 22.8 Å². The topological polar surface area (TPSA) is 80.1 Å². The number of rotatable bonds is 3. The lowest BCUT2D eigenvalue weighted by Gasteiger charge is -2.33. The average molecular weight is 472 g/mol. The molecule has 0 aliphatic carbocycles. The van der Waals surface area contributed by atoms with E-state index < -0.39 is 30.0 Å². The first kappa shape index (κ1) is 21.4. The Morgan fingerprint density at radius 2 is 1.87 bits per heavy atom. The number of pyridine rings is 1. The Morgan fingerprint density at radius 1 is 1.19 bits per heavy atom. The molecule has 0 spiro atoms. The number of ketones is 1. The molecule has 7 nitrogen and oxygen atoms in total. The molecule has 1 unspecified atom stereocenters. The summed E-state index contributed by atoms with van der Waals surface area (Å²) in [5.74, 6) is -2.23. The van der Waals surface area contributed by atoms with Crippen LogP contribution >= 0.6 is 23.2 Å². The molecule has 31 heavy (non-hydrogen) atoms. The molecule has 0 radical (unpaired) electrons. The summed E-state index contributed by atoms with van der Waals surface area (Å²) in [7, 11) is 3.33. The number of benzene rings is 1. The van der Waals surface area contributed by atoms with Gasteiger partial charge in [0.2, 0.25) is 0 Å². The molecule has 2 aromatic heterocycles. The van der Waals surface area contributed by atoms with Crippen molar-refractivity contribution in [1.29, 1.82) is 0 Å². The van der Waals surface area contributed by atoms with Gasteiger partial charge in [0.1, 0.15) is 17.3 Å². The number of imidazole rings is 1. The summed E-state index contributed by atoms with van der Waals surface area (Å²) in [4.78, 5) is 35.3. The molecule has 0 saturated heterocycles. The van der Waals surface area contributed by atoms with Crippen LogP contribution in [0.2, 0.25) is 10.0 Å². The van der Waals surface area contributed by atoms with Gasteiger partial charge in [-0.1, -0.05) is 29.3 Å². The van der Waals surface area contributed by atoms with Gasteiger partial charge in [-0.25, -0.2) is 9.97 Å². The van der Waals surface area contributed by atoms with Crippen LogP contribution in [-0.4, -0.2) is 46.5 Å². The van der Waals surface area contributed by atoms with E-state index in [0.29, 0.717) is 10.4 Å². The van der Waals surface area contributed by atoms with Gasteiger partial charge in [0.15, 0.2) is 5.78 Å². The monoisotopic (exact) mass is 471 g/mol. The van der Waals surface area contributed by atoms with Gasteiger partial charge in [0, 0.05) is 14.1 Å². The minimum atomic E-state index is -5.18. The maximum absolute atomic E-state index is 14.4. The number of Topliss-reactive ketones (excluding diaryl/α,β-unsaturated/α-hetero) is 1. The Kier molecular flexibility index (Phi) is 4.90. The zero-order chi connectivity index (χ0) is 22.7. The average Bonchev–Trinajstić information content (AvgIpc) is 3.15. The van der Waals surface area contributed by atoms with E-state index in [1.807, 2.05) is 5.32 Å². The summed E-state index contributed by atoms with van der Waals surface area (Å²) in [5.41, 5.74) is -3.60. The van der Waals surface area contributed by atoms with E-state index >= 15 is 0 Å². The lowest BCUT2D eigenvalue weighted by molar-refractivity contribution is -0.214. The molecular formula is C19H14Cl2F3N5O2. The molecule has 0 bridgehead atoms. The highest BCUT2D eigenvalue weighted by Gasteiger charge is 2.67. The van der Waals surface area contributed by atoms with Gasteiger partial charge in [0.25, 0.3) is 11.6 Å². The van der Waals surface area contributed by atoms with Gasteiger partial charge in [-0.05, 0) is 24.3 Å². The number of halogens is 5. The Balaban J connectivity index is 1.89. The van der Waals surface area contributed by atoms with E-state index in [2.05, 4.69) is 9.97 Å². The predicted octanol–water partition coefficient (Wildman–Crippen LogP) is 3.57. The lowest BCUT2D eigenvalue weighted by atomic mass is 10.0. The number of amides is 1. The molecular weight excluding hydrogens is 458 g/mol. The molecule has 4 rings (SSSR count). The third kappa shape index (κ3) is 3.21. The standard InChI is InChI=1S/C19H14Cl2F3N5O2/c1-28(2)15-5-3-4-11(25-15)17(31)27-18(19(22,23)24)14(30)8-16-26-12-6-9(20)10(21)7-13(12)29(16)18/h3-7H,8H2,1-2H3,(H,27,31). The summed E-state index contributed by atoms with van der Waals surface area (Å²) < 4.78 is 44.0. The van der Waals surface area contributed by atoms with Crippen LogP contribution in [0.1, 0.15) is 16.3 Å². The molecule has 0 saturated carbocycles. The van der Waals surface area contributed by atoms with E-state index in [0.717, 1.165) is 0 Å². The summed E-state index contributed by atoms with van der Waals surface area (Å²) in [6.07, 6.45) is -5.81. The third-order valence-electron chi connectivity index (χ3n) is 4.95. The Labute approximate surface area is 183 Å². The largest absolute Gasteiger partial charge is 0.438 e. The molecule has 1 atom stereocenters.